The molecule has 1 N–H and O–H groups in total. The Balaban J connectivity index is 1.99. The summed E-state index contributed by atoms with van der Waals surface area (Å²) in [6, 6.07) is 4.98. The monoisotopic (exact) mass is 253 g/mol. The second kappa shape index (κ2) is 5.98. The van der Waals surface area contributed by atoms with Gasteiger partial charge in [-0.1, -0.05) is 13.8 Å². The average molecular weight is 253 g/mol. The molecule has 2 rings (SSSR count). The van der Waals surface area contributed by atoms with Crippen LogP contribution in [0.15, 0.2) is 12.1 Å². The van der Waals surface area contributed by atoms with Gasteiger partial charge in [0.2, 0.25) is 0 Å². The third-order valence-corrected chi connectivity index (χ3v) is 4.95. The standard InChI is InChI=1S/C14H23NOS/c1-4-11-5-6-12(17-11)9-13(15-3)14-10(2)7-8-16-14/h5-6,10,13-15H,4,7-9H2,1-3H3. The maximum atomic E-state index is 5.87. The van der Waals surface area contributed by atoms with E-state index in [4.69, 9.17) is 4.74 Å². The number of thiophene rings is 1. The summed E-state index contributed by atoms with van der Waals surface area (Å²) in [6.07, 6.45) is 3.82. The van der Waals surface area contributed by atoms with Gasteiger partial charge in [0, 0.05) is 22.4 Å². The molecular weight excluding hydrogens is 230 g/mol. The average Bonchev–Trinajstić information content (AvgIpc) is 2.95. The molecule has 0 spiro atoms. The zero-order valence-corrected chi connectivity index (χ0v) is 11.8. The first-order valence-corrected chi connectivity index (χ1v) is 7.42. The van der Waals surface area contributed by atoms with Gasteiger partial charge in [0.15, 0.2) is 0 Å². The summed E-state index contributed by atoms with van der Waals surface area (Å²) in [4.78, 5) is 2.96. The van der Waals surface area contributed by atoms with Gasteiger partial charge in [-0.05, 0) is 44.4 Å². The molecule has 0 radical (unpaired) electrons. The van der Waals surface area contributed by atoms with Gasteiger partial charge in [-0.2, -0.15) is 0 Å². The number of rotatable bonds is 5. The van der Waals surface area contributed by atoms with Gasteiger partial charge in [-0.25, -0.2) is 0 Å². The largest absolute Gasteiger partial charge is 0.376 e. The molecule has 1 fully saturated rings. The van der Waals surface area contributed by atoms with E-state index in [-0.39, 0.29) is 0 Å². The van der Waals surface area contributed by atoms with Crippen LogP contribution in [0.3, 0.4) is 0 Å². The van der Waals surface area contributed by atoms with Crippen molar-refractivity contribution in [3.63, 3.8) is 0 Å². The number of hydrogen-bond acceptors (Lipinski definition) is 3. The molecule has 1 aromatic rings. The number of likely N-dealkylation sites (N-methyl/N-ethyl adjacent to an activating group) is 1. The highest BCUT2D eigenvalue weighted by molar-refractivity contribution is 7.11. The first kappa shape index (κ1) is 13.1. The minimum atomic E-state index is 0.382. The van der Waals surface area contributed by atoms with Crippen molar-refractivity contribution in [2.45, 2.75) is 45.3 Å². The molecule has 0 aromatic carbocycles. The fourth-order valence-corrected chi connectivity index (χ4v) is 3.57. The predicted molar refractivity (Wildman–Crippen MR) is 73.8 cm³/mol. The van der Waals surface area contributed by atoms with Crippen molar-refractivity contribution < 1.29 is 4.74 Å². The summed E-state index contributed by atoms with van der Waals surface area (Å²) >= 11 is 1.94. The van der Waals surface area contributed by atoms with Crippen LogP contribution >= 0.6 is 11.3 Å². The third kappa shape index (κ3) is 3.09. The van der Waals surface area contributed by atoms with E-state index < -0.39 is 0 Å². The summed E-state index contributed by atoms with van der Waals surface area (Å²) in [5, 5.41) is 3.43. The summed E-state index contributed by atoms with van der Waals surface area (Å²) in [7, 11) is 2.05. The van der Waals surface area contributed by atoms with Crippen molar-refractivity contribution in [2.75, 3.05) is 13.7 Å². The highest BCUT2D eigenvalue weighted by atomic mass is 32.1. The minimum Gasteiger partial charge on any atom is -0.376 e. The second-order valence-corrected chi connectivity index (χ2v) is 6.18. The van der Waals surface area contributed by atoms with Crippen molar-refractivity contribution in [1.82, 2.24) is 5.32 Å². The van der Waals surface area contributed by atoms with E-state index in [1.165, 1.54) is 16.2 Å². The van der Waals surface area contributed by atoms with Crippen molar-refractivity contribution in [2.24, 2.45) is 5.92 Å². The molecule has 0 bridgehead atoms. The smallest absolute Gasteiger partial charge is 0.0757 e. The van der Waals surface area contributed by atoms with Gasteiger partial charge in [0.25, 0.3) is 0 Å². The molecule has 2 heterocycles. The van der Waals surface area contributed by atoms with Crippen LogP contribution in [0.2, 0.25) is 0 Å². The molecule has 1 saturated heterocycles. The van der Waals surface area contributed by atoms with Gasteiger partial charge in [0.1, 0.15) is 0 Å². The van der Waals surface area contributed by atoms with Crippen molar-refractivity contribution >= 4 is 11.3 Å². The molecule has 0 aliphatic carbocycles. The Morgan fingerprint density at radius 1 is 1.47 bits per heavy atom. The SMILES string of the molecule is CCc1ccc(CC(NC)C2OCCC2C)s1. The van der Waals surface area contributed by atoms with Crippen LogP contribution in [0.5, 0.6) is 0 Å². The molecule has 0 amide bonds. The van der Waals surface area contributed by atoms with Crippen LogP contribution < -0.4 is 5.32 Å². The topological polar surface area (TPSA) is 21.3 Å². The molecule has 96 valence electrons. The van der Waals surface area contributed by atoms with Crippen LogP contribution in [0.25, 0.3) is 0 Å². The fourth-order valence-electron chi connectivity index (χ4n) is 2.55. The molecule has 3 heteroatoms. The number of hydrogen-bond donors (Lipinski definition) is 1. The molecule has 3 unspecified atom stereocenters. The summed E-state index contributed by atoms with van der Waals surface area (Å²) in [5.74, 6) is 0.679. The first-order chi connectivity index (χ1) is 8.24. The summed E-state index contributed by atoms with van der Waals surface area (Å²) in [6.45, 7) is 5.44. The van der Waals surface area contributed by atoms with Crippen molar-refractivity contribution in [1.29, 1.82) is 0 Å². The lowest BCUT2D eigenvalue weighted by atomic mass is 9.95. The highest BCUT2D eigenvalue weighted by Crippen LogP contribution is 2.26. The number of nitrogens with one attached hydrogen (secondary N) is 1. The van der Waals surface area contributed by atoms with Crippen LogP contribution in [-0.4, -0.2) is 25.8 Å². The lowest BCUT2D eigenvalue weighted by Crippen LogP contribution is -2.41. The van der Waals surface area contributed by atoms with E-state index >= 15 is 0 Å². The van der Waals surface area contributed by atoms with E-state index in [0.717, 1.165) is 19.4 Å². The molecule has 1 aliphatic heterocycles. The van der Waals surface area contributed by atoms with Crippen LogP contribution in [0.1, 0.15) is 30.0 Å². The summed E-state index contributed by atoms with van der Waals surface area (Å²) < 4.78 is 5.87. The summed E-state index contributed by atoms with van der Waals surface area (Å²) in [5.41, 5.74) is 0. The van der Waals surface area contributed by atoms with Gasteiger partial charge >= 0.3 is 0 Å². The highest BCUT2D eigenvalue weighted by Gasteiger charge is 2.31. The lowest BCUT2D eigenvalue weighted by Gasteiger charge is -2.25. The van der Waals surface area contributed by atoms with Crippen molar-refractivity contribution in [3.8, 4) is 0 Å². The first-order valence-electron chi connectivity index (χ1n) is 6.61. The second-order valence-electron chi connectivity index (χ2n) is 4.92. The van der Waals surface area contributed by atoms with E-state index in [0.29, 0.717) is 18.1 Å². The Bertz CT molecular complexity index is 350. The van der Waals surface area contributed by atoms with Gasteiger partial charge in [-0.15, -0.1) is 11.3 Å². The Labute approximate surface area is 108 Å². The van der Waals surface area contributed by atoms with E-state index in [2.05, 4.69) is 31.3 Å². The van der Waals surface area contributed by atoms with Gasteiger partial charge in [-0.3, -0.25) is 0 Å². The van der Waals surface area contributed by atoms with Gasteiger partial charge in [0.05, 0.1) is 6.10 Å². The zero-order valence-electron chi connectivity index (χ0n) is 11.0. The molecule has 1 aromatic heterocycles. The maximum absolute atomic E-state index is 5.87. The lowest BCUT2D eigenvalue weighted by molar-refractivity contribution is 0.0636. The Morgan fingerprint density at radius 3 is 2.76 bits per heavy atom. The molecular formula is C14H23NOS. The minimum absolute atomic E-state index is 0.382. The quantitative estimate of drug-likeness (QED) is 0.871. The molecule has 3 atom stereocenters. The number of aryl methyl sites for hydroxylation is 1. The van der Waals surface area contributed by atoms with Crippen LogP contribution in [0, 0.1) is 5.92 Å². The third-order valence-electron chi connectivity index (χ3n) is 3.70. The van der Waals surface area contributed by atoms with Crippen LogP contribution in [-0.2, 0) is 17.6 Å². The molecule has 1 aliphatic rings. The fraction of sp³-hybridized carbons (Fsp3) is 0.714. The van der Waals surface area contributed by atoms with E-state index in [1.54, 1.807) is 0 Å². The molecule has 0 saturated carbocycles. The van der Waals surface area contributed by atoms with Crippen molar-refractivity contribution in [3.05, 3.63) is 21.9 Å². The molecule has 17 heavy (non-hydrogen) atoms. The molecule has 2 nitrogen and oxygen atoms in total. The predicted octanol–water partition coefficient (Wildman–Crippen LogP) is 2.87. The van der Waals surface area contributed by atoms with Crippen LogP contribution in [0.4, 0.5) is 0 Å². The normalized spacial score (nSPS) is 26.3. The Morgan fingerprint density at radius 2 is 2.24 bits per heavy atom. The number of ether oxygens (including phenoxy) is 1. The van der Waals surface area contributed by atoms with E-state index in [9.17, 15) is 0 Å². The van der Waals surface area contributed by atoms with Gasteiger partial charge < -0.3 is 10.1 Å². The maximum Gasteiger partial charge on any atom is 0.0757 e. The zero-order chi connectivity index (χ0) is 12.3. The van der Waals surface area contributed by atoms with E-state index in [1.807, 2.05) is 18.4 Å². The Hall–Kier alpha value is -0.380. The Kier molecular flexibility index (Phi) is 4.60.